The molecule has 2 aromatic rings. The van der Waals surface area contributed by atoms with E-state index in [0.717, 1.165) is 38.8 Å². The van der Waals surface area contributed by atoms with Gasteiger partial charge in [0.2, 0.25) is 11.9 Å². The molecule has 2 aliphatic heterocycles. The lowest BCUT2D eigenvalue weighted by atomic mass is 10.2. The lowest BCUT2D eigenvalue weighted by Crippen LogP contribution is -2.47. The van der Waals surface area contributed by atoms with Crippen molar-refractivity contribution in [2.45, 2.75) is 108 Å². The molecule has 2 aromatic heterocycles. The Morgan fingerprint density at radius 3 is 2.33 bits per heavy atom. The molecule has 3 amide bonds. The topological polar surface area (TPSA) is 219 Å². The van der Waals surface area contributed by atoms with Crippen molar-refractivity contribution in [3.05, 3.63) is 6.33 Å². The molecule has 0 radical (unpaired) electrons. The van der Waals surface area contributed by atoms with Crippen molar-refractivity contribution in [3.63, 3.8) is 0 Å². The summed E-state index contributed by atoms with van der Waals surface area (Å²) in [6.45, 7) is 8.92. The van der Waals surface area contributed by atoms with Crippen molar-refractivity contribution >= 4 is 40.8 Å². The van der Waals surface area contributed by atoms with Gasteiger partial charge in [0, 0.05) is 44.2 Å². The quantitative estimate of drug-likeness (QED) is 0.175. The molecule has 48 heavy (non-hydrogen) atoms. The predicted molar refractivity (Wildman–Crippen MR) is 168 cm³/mol. The zero-order valence-corrected chi connectivity index (χ0v) is 27.1. The number of imidazole rings is 1. The molecule has 268 valence electrons. The Labute approximate surface area is 275 Å². The zero-order chi connectivity index (χ0) is 35.2. The number of halogens is 3. The lowest BCUT2D eigenvalue weighted by Gasteiger charge is -2.22. The normalized spacial score (nSPS) is 25.6. The smallest absolute Gasteiger partial charge is 0.475 e. The Kier molecular flexibility index (Phi) is 12.2. The molecule has 16 nitrogen and oxygen atoms in total. The standard InChI is InChI=1S/C27H44N10O4.C2HF3O2/c1-4-15(5-2)30-24-21-25(37(14-29-21)19-11-18(22(39)23(19)40)33-20(38)6-3)35-26(34-24)36-10-8-17(13-36)32-27(41)31-16-7-9-28-12-16;3-2(4,5)1(6)7/h14-19,22-23,28,39-40H,4-13H2,1-3H3,(H,33,38)(H,30,34,35)(H2,31,32,41);(H,6,7)/t16-,17-,18+,19-,22-,23+;/m1./s1. The third-order valence-electron chi connectivity index (χ3n) is 8.86. The van der Waals surface area contributed by atoms with Crippen LogP contribution in [0, 0.1) is 0 Å². The summed E-state index contributed by atoms with van der Waals surface area (Å²) in [5, 5.41) is 44.5. The molecule has 1 aliphatic carbocycles. The fraction of sp³-hybridized carbons (Fsp3) is 0.724. The molecule has 1 saturated carbocycles. The minimum Gasteiger partial charge on any atom is -0.475 e. The molecule has 3 fully saturated rings. The highest BCUT2D eigenvalue weighted by Gasteiger charge is 2.44. The molecular weight excluding hydrogens is 641 g/mol. The highest BCUT2D eigenvalue weighted by molar-refractivity contribution is 5.85. The third kappa shape index (κ3) is 8.93. The number of alkyl halides is 3. The van der Waals surface area contributed by atoms with E-state index in [9.17, 15) is 33.0 Å². The first-order chi connectivity index (χ1) is 22.7. The van der Waals surface area contributed by atoms with Crippen molar-refractivity contribution in [1.29, 1.82) is 0 Å². The van der Waals surface area contributed by atoms with Crippen LogP contribution in [0.3, 0.4) is 0 Å². The maximum absolute atomic E-state index is 12.5. The van der Waals surface area contributed by atoms with Gasteiger partial charge in [0.15, 0.2) is 17.0 Å². The second-order valence-electron chi connectivity index (χ2n) is 12.2. The first-order valence-corrected chi connectivity index (χ1v) is 16.2. The first kappa shape index (κ1) is 36.9. The molecule has 3 aliphatic rings. The Balaban J connectivity index is 0.000000671. The Morgan fingerprint density at radius 1 is 1.04 bits per heavy atom. The summed E-state index contributed by atoms with van der Waals surface area (Å²) in [6, 6.07) is -0.951. The van der Waals surface area contributed by atoms with Crippen molar-refractivity contribution in [3.8, 4) is 0 Å². The summed E-state index contributed by atoms with van der Waals surface area (Å²) < 4.78 is 33.5. The molecule has 4 heterocycles. The van der Waals surface area contributed by atoms with Crippen LogP contribution in [0.2, 0.25) is 0 Å². The molecule has 2 saturated heterocycles. The number of urea groups is 1. The Bertz CT molecular complexity index is 1420. The van der Waals surface area contributed by atoms with E-state index in [2.05, 4.69) is 50.3 Å². The van der Waals surface area contributed by atoms with Crippen molar-refractivity contribution in [1.82, 2.24) is 40.8 Å². The number of nitrogens with zero attached hydrogens (tertiary/aromatic N) is 5. The number of anilines is 2. The van der Waals surface area contributed by atoms with Crippen LogP contribution < -0.4 is 31.5 Å². The third-order valence-corrected chi connectivity index (χ3v) is 8.86. The van der Waals surface area contributed by atoms with E-state index in [0.29, 0.717) is 48.9 Å². The van der Waals surface area contributed by atoms with Gasteiger partial charge in [0.05, 0.1) is 18.4 Å². The summed E-state index contributed by atoms with van der Waals surface area (Å²) in [6.07, 6.45) is -1.51. The monoisotopic (exact) mass is 686 g/mol. The van der Waals surface area contributed by atoms with E-state index in [1.807, 2.05) is 0 Å². The minimum absolute atomic E-state index is 0.0428. The van der Waals surface area contributed by atoms with Crippen LogP contribution in [-0.4, -0.2) is 121 Å². The van der Waals surface area contributed by atoms with E-state index in [4.69, 9.17) is 19.9 Å². The van der Waals surface area contributed by atoms with E-state index < -0.39 is 36.4 Å². The highest BCUT2D eigenvalue weighted by atomic mass is 19.4. The number of hydrogen-bond donors (Lipinski definition) is 8. The molecular formula is C29H45F3N10O6. The largest absolute Gasteiger partial charge is 0.490 e. The van der Waals surface area contributed by atoms with E-state index >= 15 is 0 Å². The molecule has 19 heteroatoms. The van der Waals surface area contributed by atoms with Crippen LogP contribution in [0.1, 0.15) is 65.3 Å². The number of amides is 3. The van der Waals surface area contributed by atoms with Crippen LogP contribution in [0.25, 0.3) is 11.2 Å². The number of carboxylic acid groups (broad SMARTS) is 1. The predicted octanol–water partition coefficient (Wildman–Crippen LogP) is 0.861. The van der Waals surface area contributed by atoms with Crippen LogP contribution in [-0.2, 0) is 9.59 Å². The maximum atomic E-state index is 12.5. The number of nitrogens with one attached hydrogen (secondary N) is 5. The first-order valence-electron chi connectivity index (χ1n) is 16.2. The average Bonchev–Trinajstić information content (AvgIpc) is 3.85. The molecule has 0 bridgehead atoms. The van der Waals surface area contributed by atoms with Gasteiger partial charge in [-0.3, -0.25) is 4.79 Å². The van der Waals surface area contributed by atoms with E-state index in [1.54, 1.807) is 17.8 Å². The summed E-state index contributed by atoms with van der Waals surface area (Å²) >= 11 is 0. The molecule has 6 atom stereocenters. The number of aliphatic carboxylic acids is 1. The summed E-state index contributed by atoms with van der Waals surface area (Å²) in [7, 11) is 0. The summed E-state index contributed by atoms with van der Waals surface area (Å²) in [5.74, 6) is -1.80. The van der Waals surface area contributed by atoms with Gasteiger partial charge in [-0.25, -0.2) is 14.6 Å². The number of fused-ring (bicyclic) bond motifs is 1. The second-order valence-corrected chi connectivity index (χ2v) is 12.2. The number of hydrogen-bond acceptors (Lipinski definition) is 11. The highest BCUT2D eigenvalue weighted by Crippen LogP contribution is 2.35. The number of aliphatic hydroxyl groups excluding tert-OH is 2. The van der Waals surface area contributed by atoms with Crippen LogP contribution in [0.5, 0.6) is 0 Å². The lowest BCUT2D eigenvalue weighted by molar-refractivity contribution is -0.192. The number of rotatable bonds is 10. The van der Waals surface area contributed by atoms with Gasteiger partial charge in [0.25, 0.3) is 0 Å². The number of carbonyl (C=O) groups excluding carboxylic acids is 2. The zero-order valence-electron chi connectivity index (χ0n) is 27.1. The van der Waals surface area contributed by atoms with Gasteiger partial charge in [-0.15, -0.1) is 0 Å². The molecule has 0 aromatic carbocycles. The Morgan fingerprint density at radius 2 is 1.73 bits per heavy atom. The molecule has 8 N–H and O–H groups in total. The summed E-state index contributed by atoms with van der Waals surface area (Å²) in [4.78, 5) is 49.9. The van der Waals surface area contributed by atoms with Gasteiger partial charge < -0.3 is 51.4 Å². The fourth-order valence-corrected chi connectivity index (χ4v) is 6.06. The second kappa shape index (κ2) is 16.0. The number of carbonyl (C=O) groups is 3. The van der Waals surface area contributed by atoms with Crippen LogP contribution in [0.4, 0.5) is 29.7 Å². The van der Waals surface area contributed by atoms with Crippen molar-refractivity contribution < 1.29 is 42.9 Å². The summed E-state index contributed by atoms with van der Waals surface area (Å²) in [5.41, 5.74) is 1.13. The van der Waals surface area contributed by atoms with Gasteiger partial charge in [-0.2, -0.15) is 23.1 Å². The SMILES string of the molecule is CCC(=O)N[C@H]1C[C@@H](n2cnc3c(NC(CC)CC)nc(N4CC[C@@H](NC(=O)N[C@@H]5CCNC5)C4)nc32)[C@H](O)[C@@H]1O.O=C(O)C(F)(F)F. The van der Waals surface area contributed by atoms with Crippen molar-refractivity contribution in [2.24, 2.45) is 0 Å². The maximum Gasteiger partial charge on any atom is 0.490 e. The van der Waals surface area contributed by atoms with Gasteiger partial charge >= 0.3 is 18.2 Å². The van der Waals surface area contributed by atoms with Gasteiger partial charge in [0.1, 0.15) is 12.2 Å². The average molecular weight is 687 g/mol. The van der Waals surface area contributed by atoms with E-state index in [-0.39, 0.29) is 30.1 Å². The number of aliphatic hydroxyl groups is 2. The molecule has 0 unspecified atom stereocenters. The number of carboxylic acids is 1. The molecule has 0 spiro atoms. The van der Waals surface area contributed by atoms with Gasteiger partial charge in [-0.05, 0) is 38.6 Å². The van der Waals surface area contributed by atoms with E-state index in [1.165, 1.54) is 0 Å². The van der Waals surface area contributed by atoms with Crippen LogP contribution in [0.15, 0.2) is 6.33 Å². The fourth-order valence-electron chi connectivity index (χ4n) is 6.06. The minimum atomic E-state index is -5.08. The van der Waals surface area contributed by atoms with Crippen LogP contribution >= 0.6 is 0 Å². The number of aromatic nitrogens is 4. The Hall–Kier alpha value is -3.97. The van der Waals surface area contributed by atoms with Crippen molar-refractivity contribution in [2.75, 3.05) is 36.4 Å². The molecule has 5 rings (SSSR count). The van der Waals surface area contributed by atoms with Gasteiger partial charge in [-0.1, -0.05) is 20.8 Å².